The molecule has 9 nitrogen and oxygen atoms in total. The van der Waals surface area contributed by atoms with Crippen LogP contribution in [0, 0.1) is 11.3 Å². The van der Waals surface area contributed by atoms with E-state index in [-0.39, 0.29) is 24.6 Å². The Kier molecular flexibility index (Phi) is 6.72. The van der Waals surface area contributed by atoms with Crippen molar-refractivity contribution in [2.45, 2.75) is 51.4 Å². The number of benzene rings is 2. The summed E-state index contributed by atoms with van der Waals surface area (Å²) in [6.07, 6.45) is 1.89. The second kappa shape index (κ2) is 10.1. The molecule has 1 saturated heterocycles. The molecular weight excluding hydrogens is 458 g/mol. The van der Waals surface area contributed by atoms with Gasteiger partial charge in [0.15, 0.2) is 0 Å². The number of nitrogens with one attached hydrogen (secondary N) is 1. The average Bonchev–Trinajstić information content (AvgIpc) is 3.62. The summed E-state index contributed by atoms with van der Waals surface area (Å²) < 4.78 is 11.3. The first-order chi connectivity index (χ1) is 17.4. The van der Waals surface area contributed by atoms with E-state index < -0.39 is 6.10 Å². The molecule has 2 N–H and O–H groups in total. The number of ether oxygens (including phenoxy) is 1. The highest BCUT2D eigenvalue weighted by Crippen LogP contribution is 2.37. The summed E-state index contributed by atoms with van der Waals surface area (Å²) in [4.78, 5) is 18.8. The van der Waals surface area contributed by atoms with Crippen LogP contribution in [0.25, 0.3) is 22.8 Å². The Bertz CT molecular complexity index is 1310. The molecule has 0 spiro atoms. The molecule has 0 radical (unpaired) electrons. The van der Waals surface area contributed by atoms with Crippen LogP contribution in [0.1, 0.15) is 49.4 Å². The van der Waals surface area contributed by atoms with E-state index in [2.05, 4.69) is 27.6 Å². The molecule has 2 unspecified atom stereocenters. The molecule has 0 saturated carbocycles. The monoisotopic (exact) mass is 487 g/mol. The molecule has 1 aliphatic heterocycles. The number of β-amino-alcohol motifs (C(OH)–C–C–N with tert-alkyl or cyclic N) is 1. The number of aliphatic hydroxyl groups is 1. The molecule has 5 rings (SSSR count). The number of rotatable bonds is 7. The molecule has 186 valence electrons. The maximum atomic E-state index is 12.5. The molecule has 1 fully saturated rings. The van der Waals surface area contributed by atoms with Crippen molar-refractivity contribution in [3.8, 4) is 34.7 Å². The zero-order valence-electron chi connectivity index (χ0n) is 20.4. The maximum absolute atomic E-state index is 12.5. The van der Waals surface area contributed by atoms with Crippen molar-refractivity contribution >= 4 is 5.91 Å². The minimum Gasteiger partial charge on any atom is -0.490 e. The minimum atomic E-state index is -0.415. The predicted octanol–water partition coefficient (Wildman–Crippen LogP) is 3.23. The third-order valence-electron chi connectivity index (χ3n) is 6.66. The normalized spacial score (nSPS) is 18.9. The summed E-state index contributed by atoms with van der Waals surface area (Å²) in [5.41, 5.74) is 4.24. The molecule has 1 aromatic heterocycles. The number of amides is 1. The van der Waals surface area contributed by atoms with Gasteiger partial charge in [0.2, 0.25) is 11.7 Å². The highest BCUT2D eigenvalue weighted by atomic mass is 16.5. The van der Waals surface area contributed by atoms with Gasteiger partial charge in [-0.2, -0.15) is 10.2 Å². The predicted molar refractivity (Wildman–Crippen MR) is 132 cm³/mol. The second-order valence-electron chi connectivity index (χ2n) is 9.54. The lowest BCUT2D eigenvalue weighted by molar-refractivity contribution is -0.129. The second-order valence-corrected chi connectivity index (χ2v) is 9.54. The number of hydrogen-bond acceptors (Lipinski definition) is 8. The molecule has 2 aliphatic rings. The number of nitrogens with zero attached hydrogens (tertiary/aromatic N) is 4. The Morgan fingerprint density at radius 3 is 2.94 bits per heavy atom. The summed E-state index contributed by atoms with van der Waals surface area (Å²) >= 11 is 0. The molecule has 36 heavy (non-hydrogen) atoms. The number of nitriles is 1. The minimum absolute atomic E-state index is 0.0144. The van der Waals surface area contributed by atoms with Gasteiger partial charge in [-0.3, -0.25) is 4.79 Å². The first kappa shape index (κ1) is 24.0. The first-order valence-electron chi connectivity index (χ1n) is 12.3. The van der Waals surface area contributed by atoms with Gasteiger partial charge in [-0.1, -0.05) is 23.4 Å². The molecule has 2 aromatic carbocycles. The van der Waals surface area contributed by atoms with E-state index in [1.54, 1.807) is 17.0 Å². The zero-order chi connectivity index (χ0) is 25.2. The fourth-order valence-corrected chi connectivity index (χ4v) is 4.92. The number of likely N-dealkylation sites (tertiary alicyclic amines) is 1. The molecule has 2 atom stereocenters. The molecule has 3 aromatic rings. The number of aromatic nitrogens is 2. The van der Waals surface area contributed by atoms with Gasteiger partial charge < -0.3 is 24.6 Å². The summed E-state index contributed by atoms with van der Waals surface area (Å²) in [5, 5.41) is 26.8. The number of carbonyl (C=O) groups excluding carboxylic acids is 1. The maximum Gasteiger partial charge on any atom is 0.258 e. The quantitative estimate of drug-likeness (QED) is 0.520. The summed E-state index contributed by atoms with van der Waals surface area (Å²) in [5.74, 6) is 1.36. The molecule has 1 aliphatic carbocycles. The van der Waals surface area contributed by atoms with Crippen molar-refractivity contribution in [2.75, 3.05) is 19.6 Å². The topological polar surface area (TPSA) is 125 Å². The molecule has 1 amide bonds. The van der Waals surface area contributed by atoms with Crippen LogP contribution in [0.4, 0.5) is 0 Å². The SMILES string of the molecule is CC(C)Oc1ccc(-c2nc(-c3cccc4c3CCC4NCC(=O)N3CCC(O)C3)no2)cc1C#N. The van der Waals surface area contributed by atoms with Gasteiger partial charge in [-0.05, 0) is 62.4 Å². The third kappa shape index (κ3) is 4.83. The van der Waals surface area contributed by atoms with Crippen molar-refractivity contribution in [1.82, 2.24) is 20.4 Å². The smallest absolute Gasteiger partial charge is 0.258 e. The highest BCUT2D eigenvalue weighted by Gasteiger charge is 2.29. The van der Waals surface area contributed by atoms with E-state index in [1.807, 2.05) is 32.0 Å². The van der Waals surface area contributed by atoms with E-state index in [9.17, 15) is 15.2 Å². The van der Waals surface area contributed by atoms with Crippen LogP contribution in [-0.4, -0.2) is 57.9 Å². The Morgan fingerprint density at radius 2 is 2.19 bits per heavy atom. The van der Waals surface area contributed by atoms with Crippen molar-refractivity contribution in [3.05, 3.63) is 53.1 Å². The van der Waals surface area contributed by atoms with Gasteiger partial charge in [-0.25, -0.2) is 0 Å². The highest BCUT2D eigenvalue weighted by molar-refractivity contribution is 5.78. The largest absolute Gasteiger partial charge is 0.490 e. The summed E-state index contributed by atoms with van der Waals surface area (Å²) in [7, 11) is 0. The Balaban J connectivity index is 1.32. The summed E-state index contributed by atoms with van der Waals surface area (Å²) in [6.45, 7) is 5.08. The van der Waals surface area contributed by atoms with E-state index in [0.29, 0.717) is 48.1 Å². The molecule has 0 bridgehead atoms. The van der Waals surface area contributed by atoms with Gasteiger partial charge in [0.25, 0.3) is 5.89 Å². The molecule has 2 heterocycles. The molecular formula is C27H29N5O4. The van der Waals surface area contributed by atoms with Crippen LogP contribution < -0.4 is 10.1 Å². The van der Waals surface area contributed by atoms with E-state index in [0.717, 1.165) is 29.5 Å². The lowest BCUT2D eigenvalue weighted by Gasteiger charge is -2.19. The van der Waals surface area contributed by atoms with E-state index in [4.69, 9.17) is 9.26 Å². The standard InChI is InChI=1S/C27H29N5O4/c1-16(2)35-24-9-6-17(12-18(24)13-28)27-30-26(31-36-27)22-5-3-4-21-20(22)7-8-23(21)29-14-25(34)32-11-10-19(33)15-32/h3-6,9,12,16,19,23,29,33H,7-8,10-11,14-15H2,1-2H3. The van der Waals surface area contributed by atoms with Gasteiger partial charge in [0.05, 0.1) is 24.3 Å². The molecule has 9 heteroatoms. The first-order valence-corrected chi connectivity index (χ1v) is 12.3. The van der Waals surface area contributed by atoms with Crippen LogP contribution in [-0.2, 0) is 11.2 Å². The van der Waals surface area contributed by atoms with Crippen molar-refractivity contribution < 1.29 is 19.2 Å². The third-order valence-corrected chi connectivity index (χ3v) is 6.66. The van der Waals surface area contributed by atoms with Crippen LogP contribution >= 0.6 is 0 Å². The van der Waals surface area contributed by atoms with Crippen molar-refractivity contribution in [3.63, 3.8) is 0 Å². The number of hydrogen-bond donors (Lipinski definition) is 2. The van der Waals surface area contributed by atoms with Crippen LogP contribution in [0.2, 0.25) is 0 Å². The number of aliphatic hydroxyl groups excluding tert-OH is 1. The fraction of sp³-hybridized carbons (Fsp3) is 0.407. The fourth-order valence-electron chi connectivity index (χ4n) is 4.92. The van der Waals surface area contributed by atoms with E-state index >= 15 is 0 Å². The van der Waals surface area contributed by atoms with Crippen molar-refractivity contribution in [2.24, 2.45) is 0 Å². The van der Waals surface area contributed by atoms with Gasteiger partial charge >= 0.3 is 0 Å². The van der Waals surface area contributed by atoms with Crippen LogP contribution in [0.15, 0.2) is 40.9 Å². The van der Waals surface area contributed by atoms with Gasteiger partial charge in [-0.15, -0.1) is 0 Å². The lowest BCUT2D eigenvalue weighted by Crippen LogP contribution is -2.38. The lowest BCUT2D eigenvalue weighted by atomic mass is 10.0. The number of carbonyl (C=O) groups is 1. The Labute approximate surface area is 209 Å². The van der Waals surface area contributed by atoms with E-state index in [1.165, 1.54) is 0 Å². The van der Waals surface area contributed by atoms with Gasteiger partial charge in [0.1, 0.15) is 11.8 Å². The average molecular weight is 488 g/mol. The van der Waals surface area contributed by atoms with Crippen LogP contribution in [0.3, 0.4) is 0 Å². The van der Waals surface area contributed by atoms with Crippen LogP contribution in [0.5, 0.6) is 5.75 Å². The number of fused-ring (bicyclic) bond motifs is 1. The van der Waals surface area contributed by atoms with Crippen molar-refractivity contribution in [1.29, 1.82) is 5.26 Å². The Hall–Kier alpha value is -3.74. The van der Waals surface area contributed by atoms with Gasteiger partial charge in [0, 0.05) is 30.3 Å². The summed E-state index contributed by atoms with van der Waals surface area (Å²) in [6, 6.07) is 13.5. The Morgan fingerprint density at radius 1 is 1.33 bits per heavy atom. The zero-order valence-corrected chi connectivity index (χ0v) is 20.4.